The lowest BCUT2D eigenvalue weighted by molar-refractivity contribution is -0.142. The number of esters is 1. The van der Waals surface area contributed by atoms with Crippen molar-refractivity contribution in [3.8, 4) is 0 Å². The zero-order chi connectivity index (χ0) is 11.0. The second-order valence-electron chi connectivity index (χ2n) is 3.55. The van der Waals surface area contributed by atoms with Gasteiger partial charge in [0.1, 0.15) is 0 Å². The Balaban J connectivity index is 3.66. The predicted octanol–water partition coefficient (Wildman–Crippen LogP) is 3.24. The summed E-state index contributed by atoms with van der Waals surface area (Å²) < 4.78 is 4.82. The van der Waals surface area contributed by atoms with Crippen molar-refractivity contribution in [3.05, 3.63) is 23.8 Å². The molecule has 0 aromatic heterocycles. The van der Waals surface area contributed by atoms with E-state index in [0.717, 1.165) is 18.4 Å². The molecule has 0 aliphatic heterocycles. The molecular weight excluding hydrogens is 176 g/mol. The van der Waals surface area contributed by atoms with Crippen molar-refractivity contribution in [2.75, 3.05) is 6.61 Å². The quantitative estimate of drug-likeness (QED) is 0.481. The van der Waals surface area contributed by atoms with E-state index in [1.54, 1.807) is 0 Å². The molecule has 0 unspecified atom stereocenters. The Labute approximate surface area is 86.6 Å². The van der Waals surface area contributed by atoms with Gasteiger partial charge in [-0.2, -0.15) is 0 Å². The molecular formula is C12H20O2. The maximum Gasteiger partial charge on any atom is 0.309 e. The fourth-order valence-electron chi connectivity index (χ4n) is 1.07. The first-order valence-corrected chi connectivity index (χ1v) is 5.02. The van der Waals surface area contributed by atoms with Gasteiger partial charge in [0, 0.05) is 0 Å². The molecule has 0 aliphatic rings. The van der Waals surface area contributed by atoms with Crippen LogP contribution < -0.4 is 0 Å². The topological polar surface area (TPSA) is 26.3 Å². The summed E-state index contributed by atoms with van der Waals surface area (Å²) in [4.78, 5) is 11.1. The van der Waals surface area contributed by atoms with Gasteiger partial charge in [-0.25, -0.2) is 0 Å². The Morgan fingerprint density at radius 2 is 2.07 bits per heavy atom. The van der Waals surface area contributed by atoms with Gasteiger partial charge in [0.05, 0.1) is 13.0 Å². The van der Waals surface area contributed by atoms with Gasteiger partial charge in [0.15, 0.2) is 0 Å². The zero-order valence-corrected chi connectivity index (χ0v) is 9.43. The summed E-state index contributed by atoms with van der Waals surface area (Å²) >= 11 is 0. The molecule has 2 nitrogen and oxygen atoms in total. The molecule has 2 heteroatoms. The average molecular weight is 196 g/mol. The minimum Gasteiger partial charge on any atom is -0.466 e. The number of carbonyl (C=O) groups is 1. The minimum absolute atomic E-state index is 0.172. The van der Waals surface area contributed by atoms with Gasteiger partial charge in [-0.15, -0.1) is 0 Å². The second kappa shape index (κ2) is 7.36. The number of hydrogen-bond acceptors (Lipinski definition) is 2. The van der Waals surface area contributed by atoms with Gasteiger partial charge in [-0.05, 0) is 33.6 Å². The van der Waals surface area contributed by atoms with Gasteiger partial charge >= 0.3 is 5.97 Å². The van der Waals surface area contributed by atoms with Crippen LogP contribution in [0.5, 0.6) is 0 Å². The number of ether oxygens (including phenoxy) is 1. The van der Waals surface area contributed by atoms with E-state index in [1.165, 1.54) is 5.57 Å². The minimum atomic E-state index is -0.172. The molecule has 0 atom stereocenters. The predicted molar refractivity (Wildman–Crippen MR) is 59.1 cm³/mol. The maximum absolute atomic E-state index is 11.1. The molecule has 0 fully saturated rings. The fourth-order valence-corrected chi connectivity index (χ4v) is 1.07. The second-order valence-corrected chi connectivity index (χ2v) is 3.55. The molecule has 0 rings (SSSR count). The van der Waals surface area contributed by atoms with Crippen LogP contribution in [-0.4, -0.2) is 12.6 Å². The molecule has 0 aromatic rings. The van der Waals surface area contributed by atoms with Crippen molar-refractivity contribution in [2.45, 2.75) is 40.0 Å². The highest BCUT2D eigenvalue weighted by molar-refractivity contribution is 5.72. The van der Waals surface area contributed by atoms with Crippen molar-refractivity contribution >= 4 is 5.97 Å². The SMILES string of the molecule is C=C(CCC=C(C)C)CC(=O)OCC. The summed E-state index contributed by atoms with van der Waals surface area (Å²) in [5, 5.41) is 0. The lowest BCUT2D eigenvalue weighted by Gasteiger charge is -2.03. The van der Waals surface area contributed by atoms with Crippen LogP contribution in [0, 0.1) is 0 Å². The summed E-state index contributed by atoms with van der Waals surface area (Å²) in [7, 11) is 0. The largest absolute Gasteiger partial charge is 0.466 e. The van der Waals surface area contributed by atoms with Crippen LogP contribution >= 0.6 is 0 Å². The van der Waals surface area contributed by atoms with E-state index < -0.39 is 0 Å². The van der Waals surface area contributed by atoms with E-state index in [1.807, 2.05) is 6.92 Å². The molecule has 0 aliphatic carbocycles. The molecule has 0 radical (unpaired) electrons. The van der Waals surface area contributed by atoms with Crippen LogP contribution in [0.1, 0.15) is 40.0 Å². The third kappa shape index (κ3) is 7.59. The lowest BCUT2D eigenvalue weighted by Crippen LogP contribution is -2.04. The van der Waals surface area contributed by atoms with Crippen LogP contribution in [0.25, 0.3) is 0 Å². The highest BCUT2D eigenvalue weighted by Gasteiger charge is 2.03. The van der Waals surface area contributed by atoms with Crippen molar-refractivity contribution in [3.63, 3.8) is 0 Å². The third-order valence-corrected chi connectivity index (χ3v) is 1.75. The summed E-state index contributed by atoms with van der Waals surface area (Å²) in [5.41, 5.74) is 2.25. The van der Waals surface area contributed by atoms with E-state index >= 15 is 0 Å². The fraction of sp³-hybridized carbons (Fsp3) is 0.583. The van der Waals surface area contributed by atoms with E-state index in [-0.39, 0.29) is 5.97 Å². The van der Waals surface area contributed by atoms with E-state index in [9.17, 15) is 4.79 Å². The van der Waals surface area contributed by atoms with Gasteiger partial charge in [0.2, 0.25) is 0 Å². The molecule has 14 heavy (non-hydrogen) atoms. The zero-order valence-electron chi connectivity index (χ0n) is 9.43. The smallest absolute Gasteiger partial charge is 0.309 e. The molecule has 80 valence electrons. The van der Waals surface area contributed by atoms with Crippen LogP contribution in [0.2, 0.25) is 0 Å². The number of hydrogen-bond donors (Lipinski definition) is 0. The molecule has 0 saturated carbocycles. The molecule has 0 spiro atoms. The van der Waals surface area contributed by atoms with Crippen LogP contribution in [0.3, 0.4) is 0 Å². The maximum atomic E-state index is 11.1. The standard InChI is InChI=1S/C12H20O2/c1-5-14-12(13)9-11(4)8-6-7-10(2)3/h7H,4-6,8-9H2,1-3H3. The number of allylic oxidation sites excluding steroid dienone is 2. The van der Waals surface area contributed by atoms with Crippen LogP contribution in [-0.2, 0) is 9.53 Å². The summed E-state index contributed by atoms with van der Waals surface area (Å²) in [6, 6.07) is 0. The van der Waals surface area contributed by atoms with Crippen molar-refractivity contribution in [2.24, 2.45) is 0 Å². The molecule has 0 bridgehead atoms. The molecule has 0 amide bonds. The molecule has 0 saturated heterocycles. The van der Waals surface area contributed by atoms with Gasteiger partial charge in [-0.1, -0.05) is 23.8 Å². The summed E-state index contributed by atoms with van der Waals surface area (Å²) in [6.07, 6.45) is 4.32. The lowest BCUT2D eigenvalue weighted by atomic mass is 10.1. The number of rotatable bonds is 6. The van der Waals surface area contributed by atoms with Gasteiger partial charge < -0.3 is 4.74 Å². The first-order valence-electron chi connectivity index (χ1n) is 5.02. The van der Waals surface area contributed by atoms with Crippen molar-refractivity contribution in [1.82, 2.24) is 0 Å². The van der Waals surface area contributed by atoms with E-state index in [4.69, 9.17) is 4.74 Å². The van der Waals surface area contributed by atoms with Crippen molar-refractivity contribution < 1.29 is 9.53 Å². The Morgan fingerprint density at radius 1 is 1.43 bits per heavy atom. The highest BCUT2D eigenvalue weighted by atomic mass is 16.5. The average Bonchev–Trinajstić information content (AvgIpc) is 2.03. The summed E-state index contributed by atoms with van der Waals surface area (Å²) in [5.74, 6) is -0.172. The monoisotopic (exact) mass is 196 g/mol. The summed E-state index contributed by atoms with van der Waals surface area (Å²) in [6.45, 7) is 10.2. The first-order chi connectivity index (χ1) is 6.56. The Hall–Kier alpha value is -1.05. The van der Waals surface area contributed by atoms with Gasteiger partial charge in [0.25, 0.3) is 0 Å². The van der Waals surface area contributed by atoms with Crippen LogP contribution in [0.15, 0.2) is 23.8 Å². The van der Waals surface area contributed by atoms with E-state index in [0.29, 0.717) is 13.0 Å². The molecule has 0 N–H and O–H groups in total. The van der Waals surface area contributed by atoms with Gasteiger partial charge in [-0.3, -0.25) is 4.79 Å². The number of carbonyl (C=O) groups excluding carboxylic acids is 1. The third-order valence-electron chi connectivity index (χ3n) is 1.75. The first kappa shape index (κ1) is 12.9. The van der Waals surface area contributed by atoms with Crippen LogP contribution in [0.4, 0.5) is 0 Å². The highest BCUT2D eigenvalue weighted by Crippen LogP contribution is 2.09. The van der Waals surface area contributed by atoms with Crippen molar-refractivity contribution in [1.29, 1.82) is 0 Å². The Morgan fingerprint density at radius 3 is 2.57 bits per heavy atom. The Kier molecular flexibility index (Phi) is 6.81. The Bertz CT molecular complexity index is 222. The molecule has 0 aromatic carbocycles. The van der Waals surface area contributed by atoms with E-state index in [2.05, 4.69) is 26.5 Å². The normalized spacial score (nSPS) is 9.36. The molecule has 0 heterocycles.